The molecule has 0 aromatic rings. The lowest BCUT2D eigenvalue weighted by Crippen LogP contribution is -2.65. The number of carboxylic acids is 1. The topological polar surface area (TPSA) is 216 Å². The van der Waals surface area contributed by atoms with Crippen LogP contribution in [0, 0.1) is 28.1 Å². The molecular weight excluding hydrogens is 592 g/mol. The van der Waals surface area contributed by atoms with Gasteiger partial charge in [-0.2, -0.15) is 0 Å². The average molecular weight is 643 g/mol. The van der Waals surface area contributed by atoms with Crippen molar-refractivity contribution in [1.29, 1.82) is 0 Å². The van der Waals surface area contributed by atoms with E-state index in [0.29, 0.717) is 25.7 Å². The van der Waals surface area contributed by atoms with Crippen LogP contribution >= 0.6 is 0 Å². The molecular formula is C32H50O13. The maximum atomic E-state index is 12.5. The van der Waals surface area contributed by atoms with Crippen LogP contribution in [0.1, 0.15) is 71.6 Å². The van der Waals surface area contributed by atoms with Crippen LogP contribution in [0.25, 0.3) is 0 Å². The Hall–Kier alpha value is -1.23. The van der Waals surface area contributed by atoms with E-state index in [1.54, 1.807) is 0 Å². The third-order valence-corrected chi connectivity index (χ3v) is 12.9. The van der Waals surface area contributed by atoms with Crippen LogP contribution in [0.3, 0.4) is 0 Å². The smallest absolute Gasteiger partial charge is 0.309 e. The van der Waals surface area contributed by atoms with Crippen LogP contribution < -0.4 is 0 Å². The van der Waals surface area contributed by atoms with Crippen molar-refractivity contribution in [3.63, 3.8) is 0 Å². The molecule has 0 aromatic carbocycles. The van der Waals surface area contributed by atoms with Gasteiger partial charge in [0, 0.05) is 0 Å². The van der Waals surface area contributed by atoms with E-state index in [0.717, 1.165) is 37.7 Å². The largest absolute Gasteiger partial charge is 0.481 e. The first-order valence-corrected chi connectivity index (χ1v) is 16.3. The maximum absolute atomic E-state index is 12.5. The fraction of sp³-hybridized carbons (Fsp3) is 0.906. The summed E-state index contributed by atoms with van der Waals surface area (Å²) in [5.41, 5.74) is -1.10. The second-order valence-electron chi connectivity index (χ2n) is 15.2. The fourth-order valence-electron chi connectivity index (χ4n) is 10.6. The van der Waals surface area contributed by atoms with Gasteiger partial charge in [0.2, 0.25) is 0 Å². The summed E-state index contributed by atoms with van der Waals surface area (Å²) in [5.74, 6) is -0.392. The van der Waals surface area contributed by atoms with Crippen molar-refractivity contribution in [2.45, 2.75) is 139 Å². The predicted octanol–water partition coefficient (Wildman–Crippen LogP) is -0.197. The molecule has 1 spiro atoms. The first-order valence-electron chi connectivity index (χ1n) is 16.3. The average Bonchev–Trinajstić information content (AvgIpc) is 3.19. The Morgan fingerprint density at radius 3 is 2.11 bits per heavy atom. The SMILES string of the molecule is C=C1C[C@]23CC[C@@H]4[C@](C)(CCC[C@]4(C)C(=O)O)[C@H]2CC[C@]1(O[C@@H]1O[C@H](CO)[C@@H](O)[C@H](O)[C@H]1O[C@@H]1O[C@H](CO)[C@@H](O)[C@H](O)[C@H]1O)C3. The molecule has 2 saturated heterocycles. The molecule has 0 amide bonds. The Balaban J connectivity index is 1.26. The number of aliphatic carboxylic acids is 1. The third-order valence-electron chi connectivity index (χ3n) is 12.9. The van der Waals surface area contributed by atoms with Gasteiger partial charge in [-0.15, -0.1) is 0 Å². The lowest BCUT2D eigenvalue weighted by Gasteiger charge is -2.64. The van der Waals surface area contributed by atoms with Gasteiger partial charge in [-0.3, -0.25) is 4.79 Å². The highest BCUT2D eigenvalue weighted by atomic mass is 16.8. The second-order valence-corrected chi connectivity index (χ2v) is 15.2. The Kier molecular flexibility index (Phi) is 8.77. The Morgan fingerprint density at radius 1 is 0.844 bits per heavy atom. The van der Waals surface area contributed by atoms with Crippen molar-refractivity contribution in [2.75, 3.05) is 13.2 Å². The number of fused-ring (bicyclic) bond motifs is 3. The molecule has 8 N–H and O–H groups in total. The molecule has 0 unspecified atom stereocenters. The molecule has 16 atom stereocenters. The van der Waals surface area contributed by atoms with E-state index in [2.05, 4.69) is 13.5 Å². The molecule has 4 saturated carbocycles. The summed E-state index contributed by atoms with van der Waals surface area (Å²) in [4.78, 5) is 12.5. The van der Waals surface area contributed by atoms with E-state index in [-0.39, 0.29) is 22.7 Å². The minimum atomic E-state index is -1.76. The van der Waals surface area contributed by atoms with Gasteiger partial charge in [-0.25, -0.2) is 0 Å². The van der Waals surface area contributed by atoms with Crippen molar-refractivity contribution in [2.24, 2.45) is 28.1 Å². The summed E-state index contributed by atoms with van der Waals surface area (Å²) in [5, 5.41) is 82.8. The zero-order chi connectivity index (χ0) is 32.7. The van der Waals surface area contributed by atoms with E-state index in [9.17, 15) is 45.6 Å². The molecule has 6 fully saturated rings. The van der Waals surface area contributed by atoms with E-state index in [1.807, 2.05) is 6.92 Å². The Labute approximate surface area is 262 Å². The number of hydrogen-bond acceptors (Lipinski definition) is 12. The van der Waals surface area contributed by atoms with Crippen LogP contribution in [0.5, 0.6) is 0 Å². The summed E-state index contributed by atoms with van der Waals surface area (Å²) in [6.07, 6.45) is -8.44. The van der Waals surface area contributed by atoms with Gasteiger partial charge in [-0.05, 0) is 86.5 Å². The van der Waals surface area contributed by atoms with Crippen LogP contribution in [0.4, 0.5) is 0 Å². The molecule has 2 heterocycles. The summed E-state index contributed by atoms with van der Waals surface area (Å²) in [7, 11) is 0. The van der Waals surface area contributed by atoms with Crippen LogP contribution in [0.2, 0.25) is 0 Å². The molecule has 256 valence electrons. The molecule has 13 nitrogen and oxygen atoms in total. The van der Waals surface area contributed by atoms with E-state index >= 15 is 0 Å². The highest BCUT2D eigenvalue weighted by Crippen LogP contribution is 2.73. The van der Waals surface area contributed by atoms with Crippen molar-refractivity contribution in [3.8, 4) is 0 Å². The van der Waals surface area contributed by atoms with Crippen LogP contribution in [-0.4, -0.2) is 127 Å². The molecule has 2 aliphatic heterocycles. The minimum absolute atomic E-state index is 0.0640. The van der Waals surface area contributed by atoms with Gasteiger partial charge in [0.25, 0.3) is 0 Å². The Bertz CT molecular complexity index is 1150. The molecule has 4 aliphatic carbocycles. The van der Waals surface area contributed by atoms with Gasteiger partial charge >= 0.3 is 5.97 Å². The lowest BCUT2D eigenvalue weighted by atomic mass is 9.41. The fourth-order valence-corrected chi connectivity index (χ4v) is 10.6. The number of hydrogen-bond donors (Lipinski definition) is 8. The zero-order valence-electron chi connectivity index (χ0n) is 26.0. The highest BCUT2D eigenvalue weighted by molar-refractivity contribution is 5.75. The highest BCUT2D eigenvalue weighted by Gasteiger charge is 2.69. The number of aliphatic hydroxyl groups excluding tert-OH is 7. The zero-order valence-corrected chi connectivity index (χ0v) is 26.0. The predicted molar refractivity (Wildman–Crippen MR) is 154 cm³/mol. The number of aliphatic hydroxyl groups is 7. The summed E-state index contributed by atoms with van der Waals surface area (Å²) >= 11 is 0. The summed E-state index contributed by atoms with van der Waals surface area (Å²) in [6, 6.07) is 0. The molecule has 6 aliphatic rings. The van der Waals surface area contributed by atoms with Crippen molar-refractivity contribution < 1.29 is 64.6 Å². The molecule has 0 aromatic heterocycles. The number of carboxylic acid groups (broad SMARTS) is 1. The van der Waals surface area contributed by atoms with Crippen molar-refractivity contribution in [3.05, 3.63) is 12.2 Å². The van der Waals surface area contributed by atoms with E-state index < -0.39 is 91.6 Å². The molecule has 6 rings (SSSR count). The summed E-state index contributed by atoms with van der Waals surface area (Å²) in [6.45, 7) is 7.33. The number of rotatable bonds is 7. The minimum Gasteiger partial charge on any atom is -0.481 e. The first kappa shape index (κ1) is 33.7. The van der Waals surface area contributed by atoms with Gasteiger partial charge in [0.1, 0.15) is 48.8 Å². The quantitative estimate of drug-likeness (QED) is 0.134. The van der Waals surface area contributed by atoms with Crippen LogP contribution in [-0.2, 0) is 23.7 Å². The van der Waals surface area contributed by atoms with Gasteiger partial charge in [0.15, 0.2) is 12.6 Å². The number of carbonyl (C=O) groups is 1. The monoisotopic (exact) mass is 642 g/mol. The van der Waals surface area contributed by atoms with Crippen molar-refractivity contribution >= 4 is 5.97 Å². The molecule has 13 heteroatoms. The van der Waals surface area contributed by atoms with Gasteiger partial charge in [0.05, 0.1) is 24.2 Å². The lowest BCUT2D eigenvalue weighted by molar-refractivity contribution is -0.378. The van der Waals surface area contributed by atoms with Crippen molar-refractivity contribution in [1.82, 2.24) is 0 Å². The summed E-state index contributed by atoms with van der Waals surface area (Å²) < 4.78 is 24.1. The molecule has 45 heavy (non-hydrogen) atoms. The maximum Gasteiger partial charge on any atom is 0.309 e. The van der Waals surface area contributed by atoms with Gasteiger partial charge in [-0.1, -0.05) is 19.9 Å². The van der Waals surface area contributed by atoms with Crippen LogP contribution in [0.15, 0.2) is 12.2 Å². The third kappa shape index (κ3) is 5.04. The van der Waals surface area contributed by atoms with E-state index in [4.69, 9.17) is 18.9 Å². The molecule has 2 bridgehead atoms. The Morgan fingerprint density at radius 2 is 1.47 bits per heavy atom. The normalized spacial score (nSPS) is 54.7. The second kappa shape index (κ2) is 11.7. The molecule has 0 radical (unpaired) electrons. The standard InChI is InChI=1S/C32H50O13/c1-15-11-31-9-5-18-29(2,7-4-8-30(18,3)28(40)41)19(31)6-10-32(15,14-31)45-27-25(23(38)21(36)17(13-34)43-27)44-26-24(39)22(37)20(35)16(12-33)42-26/h16-27,33-39H,1,4-14H2,2-3H3,(H,40,41)/t16-,17-,18-,19-,20-,21-,22+,23+,24-,25-,26+,27+,29+,30+,31+,32+/m1/s1. The van der Waals surface area contributed by atoms with Gasteiger partial charge < -0.3 is 59.8 Å². The van der Waals surface area contributed by atoms with E-state index in [1.165, 1.54) is 0 Å². The number of ether oxygens (including phenoxy) is 4. The first-order chi connectivity index (χ1) is 21.2.